The number of hydrogen-bond acceptors (Lipinski definition) is 8. The SMILES string of the molecule is Cc1sc2ncn(CC(=O)Nc3nnc(C4CCCO4)s3)c(=O)c2c1C. The van der Waals surface area contributed by atoms with Crippen LogP contribution in [0, 0.1) is 13.8 Å². The molecule has 0 bridgehead atoms. The zero-order valence-corrected chi connectivity index (χ0v) is 15.9. The van der Waals surface area contributed by atoms with E-state index in [1.165, 1.54) is 33.6 Å². The molecule has 0 aliphatic carbocycles. The van der Waals surface area contributed by atoms with E-state index in [0.717, 1.165) is 34.9 Å². The summed E-state index contributed by atoms with van der Waals surface area (Å²) >= 11 is 2.79. The normalized spacial score (nSPS) is 17.1. The smallest absolute Gasteiger partial charge is 0.262 e. The summed E-state index contributed by atoms with van der Waals surface area (Å²) in [6, 6.07) is 0. The van der Waals surface area contributed by atoms with Gasteiger partial charge in [0.25, 0.3) is 5.56 Å². The summed E-state index contributed by atoms with van der Waals surface area (Å²) < 4.78 is 6.88. The maximum Gasteiger partial charge on any atom is 0.262 e. The lowest BCUT2D eigenvalue weighted by Gasteiger charge is -2.05. The van der Waals surface area contributed by atoms with Crippen molar-refractivity contribution in [3.8, 4) is 0 Å². The van der Waals surface area contributed by atoms with Gasteiger partial charge in [-0.15, -0.1) is 21.5 Å². The van der Waals surface area contributed by atoms with E-state index >= 15 is 0 Å². The van der Waals surface area contributed by atoms with E-state index in [1.54, 1.807) is 0 Å². The first-order valence-electron chi connectivity index (χ1n) is 8.23. The number of thiophene rings is 1. The molecular weight excluding hydrogens is 374 g/mol. The summed E-state index contributed by atoms with van der Waals surface area (Å²) in [6.07, 6.45) is 3.31. The number of amides is 1. The predicted octanol–water partition coefficient (Wildman–Crippen LogP) is 2.42. The molecule has 1 aliphatic rings. The van der Waals surface area contributed by atoms with Gasteiger partial charge in [0.1, 0.15) is 22.5 Å². The number of fused-ring (bicyclic) bond motifs is 1. The molecule has 8 nitrogen and oxygen atoms in total. The molecule has 0 aromatic carbocycles. The summed E-state index contributed by atoms with van der Waals surface area (Å²) in [7, 11) is 0. The number of nitrogens with zero attached hydrogens (tertiary/aromatic N) is 4. The minimum Gasteiger partial charge on any atom is -0.371 e. The predicted molar refractivity (Wildman–Crippen MR) is 99.8 cm³/mol. The Hall–Kier alpha value is -2.17. The highest BCUT2D eigenvalue weighted by Gasteiger charge is 2.22. The van der Waals surface area contributed by atoms with Gasteiger partial charge in [-0.3, -0.25) is 19.5 Å². The van der Waals surface area contributed by atoms with Crippen LogP contribution in [-0.2, 0) is 16.1 Å². The number of aryl methyl sites for hydroxylation is 2. The second kappa shape index (κ2) is 6.86. The van der Waals surface area contributed by atoms with Crippen molar-refractivity contribution < 1.29 is 9.53 Å². The van der Waals surface area contributed by atoms with Gasteiger partial charge in [0.05, 0.1) is 11.7 Å². The highest BCUT2D eigenvalue weighted by molar-refractivity contribution is 7.18. The lowest BCUT2D eigenvalue weighted by Crippen LogP contribution is -2.27. The first-order valence-corrected chi connectivity index (χ1v) is 9.86. The highest BCUT2D eigenvalue weighted by atomic mass is 32.1. The molecule has 0 radical (unpaired) electrons. The van der Waals surface area contributed by atoms with Crippen LogP contribution in [0.3, 0.4) is 0 Å². The highest BCUT2D eigenvalue weighted by Crippen LogP contribution is 2.31. The molecule has 4 heterocycles. The topological polar surface area (TPSA) is 99.0 Å². The van der Waals surface area contributed by atoms with Crippen molar-refractivity contribution in [2.45, 2.75) is 39.3 Å². The number of anilines is 1. The Morgan fingerprint density at radius 3 is 3.00 bits per heavy atom. The van der Waals surface area contributed by atoms with Gasteiger partial charge in [-0.25, -0.2) is 4.98 Å². The van der Waals surface area contributed by atoms with E-state index < -0.39 is 0 Å². The van der Waals surface area contributed by atoms with Gasteiger partial charge in [-0.1, -0.05) is 11.3 Å². The van der Waals surface area contributed by atoms with Gasteiger partial charge in [-0.2, -0.15) is 0 Å². The van der Waals surface area contributed by atoms with Crippen molar-refractivity contribution >= 4 is 43.9 Å². The number of carbonyl (C=O) groups is 1. The fourth-order valence-corrected chi connectivity index (χ4v) is 4.71. The summed E-state index contributed by atoms with van der Waals surface area (Å²) in [5, 5.41) is 12.5. The molecule has 4 rings (SSSR count). The Kier molecular flexibility index (Phi) is 4.55. The lowest BCUT2D eigenvalue weighted by molar-refractivity contribution is -0.116. The standard InChI is InChI=1S/C16H17N5O3S2/c1-8-9(2)25-14-12(8)15(23)21(7-17-14)6-11(22)18-16-20-19-13(26-16)10-4-3-5-24-10/h7,10H,3-6H2,1-2H3,(H,18,20,22). The fourth-order valence-electron chi connectivity index (χ4n) is 2.88. The largest absolute Gasteiger partial charge is 0.371 e. The van der Waals surface area contributed by atoms with E-state index in [0.29, 0.717) is 15.3 Å². The average molecular weight is 391 g/mol. The molecule has 1 N–H and O–H groups in total. The second-order valence-electron chi connectivity index (χ2n) is 6.14. The van der Waals surface area contributed by atoms with Crippen molar-refractivity contribution in [3.63, 3.8) is 0 Å². The Morgan fingerprint density at radius 1 is 1.38 bits per heavy atom. The van der Waals surface area contributed by atoms with Crippen LogP contribution in [-0.4, -0.2) is 32.3 Å². The van der Waals surface area contributed by atoms with Crippen LogP contribution in [0.25, 0.3) is 10.2 Å². The first kappa shape index (κ1) is 17.3. The third kappa shape index (κ3) is 3.15. The van der Waals surface area contributed by atoms with Crippen LogP contribution < -0.4 is 10.9 Å². The molecule has 1 atom stereocenters. The van der Waals surface area contributed by atoms with Crippen LogP contribution in [0.2, 0.25) is 0 Å². The van der Waals surface area contributed by atoms with Crippen LogP contribution >= 0.6 is 22.7 Å². The van der Waals surface area contributed by atoms with E-state index in [2.05, 4.69) is 20.5 Å². The van der Waals surface area contributed by atoms with Crippen LogP contribution in [0.15, 0.2) is 11.1 Å². The molecule has 10 heteroatoms. The molecule has 1 amide bonds. The van der Waals surface area contributed by atoms with Crippen molar-refractivity contribution in [2.24, 2.45) is 0 Å². The average Bonchev–Trinajstić information content (AvgIpc) is 3.32. The Morgan fingerprint density at radius 2 is 2.23 bits per heavy atom. The van der Waals surface area contributed by atoms with Crippen LogP contribution in [0.1, 0.15) is 34.4 Å². The van der Waals surface area contributed by atoms with Gasteiger partial charge >= 0.3 is 0 Å². The summed E-state index contributed by atoms with van der Waals surface area (Å²) in [5.74, 6) is -0.340. The minimum atomic E-state index is -0.340. The second-order valence-corrected chi connectivity index (χ2v) is 8.35. The Labute approximate surface area is 156 Å². The van der Waals surface area contributed by atoms with Crippen molar-refractivity contribution in [2.75, 3.05) is 11.9 Å². The zero-order chi connectivity index (χ0) is 18.3. The molecule has 1 fully saturated rings. The van der Waals surface area contributed by atoms with E-state index in [4.69, 9.17) is 4.74 Å². The Balaban J connectivity index is 1.50. The number of hydrogen-bond donors (Lipinski definition) is 1. The Bertz CT molecular complexity index is 1030. The number of carbonyl (C=O) groups excluding carboxylic acids is 1. The molecule has 1 aliphatic heterocycles. The third-order valence-corrected chi connectivity index (χ3v) is 6.41. The molecule has 0 saturated carbocycles. The number of aromatic nitrogens is 4. The minimum absolute atomic E-state index is 0.0304. The molecule has 0 spiro atoms. The molecular formula is C16H17N5O3S2. The summed E-state index contributed by atoms with van der Waals surface area (Å²) in [4.78, 5) is 31.0. The molecule has 3 aromatic heterocycles. The molecule has 26 heavy (non-hydrogen) atoms. The van der Waals surface area contributed by atoms with Crippen molar-refractivity contribution in [1.82, 2.24) is 19.7 Å². The van der Waals surface area contributed by atoms with E-state index in [-0.39, 0.29) is 24.1 Å². The van der Waals surface area contributed by atoms with Gasteiger partial charge in [0, 0.05) is 11.5 Å². The van der Waals surface area contributed by atoms with Crippen molar-refractivity contribution in [3.05, 3.63) is 32.1 Å². The van der Waals surface area contributed by atoms with Gasteiger partial charge in [0.15, 0.2) is 0 Å². The zero-order valence-electron chi connectivity index (χ0n) is 14.3. The quantitative estimate of drug-likeness (QED) is 0.733. The summed E-state index contributed by atoms with van der Waals surface area (Å²) in [6.45, 7) is 4.46. The molecule has 136 valence electrons. The van der Waals surface area contributed by atoms with Gasteiger partial charge in [0.2, 0.25) is 11.0 Å². The third-order valence-electron chi connectivity index (χ3n) is 4.36. The number of rotatable bonds is 4. The number of ether oxygens (including phenoxy) is 1. The van der Waals surface area contributed by atoms with Crippen molar-refractivity contribution in [1.29, 1.82) is 0 Å². The van der Waals surface area contributed by atoms with Crippen LogP contribution in [0.5, 0.6) is 0 Å². The van der Waals surface area contributed by atoms with Crippen LogP contribution in [0.4, 0.5) is 5.13 Å². The maximum absolute atomic E-state index is 12.6. The monoisotopic (exact) mass is 391 g/mol. The number of nitrogens with one attached hydrogen (secondary N) is 1. The molecule has 3 aromatic rings. The van der Waals surface area contributed by atoms with Gasteiger partial charge in [-0.05, 0) is 32.3 Å². The fraction of sp³-hybridized carbons (Fsp3) is 0.438. The van der Waals surface area contributed by atoms with E-state index in [9.17, 15) is 9.59 Å². The molecule has 1 saturated heterocycles. The maximum atomic E-state index is 12.6. The summed E-state index contributed by atoms with van der Waals surface area (Å²) in [5.41, 5.74) is 0.715. The molecule has 1 unspecified atom stereocenters. The van der Waals surface area contributed by atoms with Gasteiger partial charge < -0.3 is 4.74 Å². The van der Waals surface area contributed by atoms with E-state index in [1.807, 2.05) is 13.8 Å². The lowest BCUT2D eigenvalue weighted by atomic mass is 10.2. The first-order chi connectivity index (χ1) is 12.5.